The molecule has 3 heterocycles. The zero-order valence-electron chi connectivity index (χ0n) is 13.1. The number of rotatable bonds is 2. The molecule has 126 valence electrons. The summed E-state index contributed by atoms with van der Waals surface area (Å²) in [5.41, 5.74) is 1.62. The number of hydrogen-bond acceptors (Lipinski definition) is 4. The van der Waals surface area contributed by atoms with E-state index in [4.69, 9.17) is 0 Å². The van der Waals surface area contributed by atoms with Gasteiger partial charge in [-0.2, -0.15) is 0 Å². The van der Waals surface area contributed by atoms with E-state index in [0.717, 1.165) is 24.5 Å². The Morgan fingerprint density at radius 1 is 1.35 bits per heavy atom. The molecule has 3 rings (SSSR count). The van der Waals surface area contributed by atoms with Crippen LogP contribution in [0.5, 0.6) is 0 Å². The molecule has 1 aliphatic heterocycles. The van der Waals surface area contributed by atoms with Crippen LogP contribution >= 0.6 is 24.8 Å². The van der Waals surface area contributed by atoms with Gasteiger partial charge in [-0.05, 0) is 18.6 Å². The highest BCUT2D eigenvalue weighted by molar-refractivity contribution is 5.95. The Labute approximate surface area is 148 Å². The molecule has 6 nitrogen and oxygen atoms in total. The van der Waals surface area contributed by atoms with Crippen molar-refractivity contribution in [2.45, 2.75) is 13.0 Å². The van der Waals surface area contributed by atoms with Crippen molar-refractivity contribution in [1.82, 2.24) is 24.8 Å². The first-order valence-electron chi connectivity index (χ1n) is 7.08. The second-order valence-electron chi connectivity index (χ2n) is 5.31. The predicted octanol–water partition coefficient (Wildman–Crippen LogP) is 1.75. The van der Waals surface area contributed by atoms with Crippen molar-refractivity contribution in [3.63, 3.8) is 0 Å². The molecule has 1 saturated heterocycles. The summed E-state index contributed by atoms with van der Waals surface area (Å²) in [6, 6.07) is 1.82. The van der Waals surface area contributed by atoms with Crippen molar-refractivity contribution >= 4 is 30.7 Å². The van der Waals surface area contributed by atoms with Gasteiger partial charge in [-0.25, -0.2) is 4.98 Å². The number of carbonyl (C=O) groups is 1. The zero-order chi connectivity index (χ0) is 14.8. The molecular weight excluding hydrogens is 337 g/mol. The quantitative estimate of drug-likeness (QED) is 0.889. The van der Waals surface area contributed by atoms with Crippen LogP contribution in [0.1, 0.15) is 27.8 Å². The second kappa shape index (κ2) is 8.29. The number of pyridine rings is 1. The Morgan fingerprint density at radius 2 is 2.13 bits per heavy atom. The fourth-order valence-electron chi connectivity index (χ4n) is 2.72. The van der Waals surface area contributed by atoms with Gasteiger partial charge in [0, 0.05) is 51.5 Å². The molecule has 2 aromatic heterocycles. The summed E-state index contributed by atoms with van der Waals surface area (Å²) in [5, 5.41) is 3.34. The molecule has 8 heteroatoms. The Balaban J connectivity index is 0.00000132. The third-order valence-electron chi connectivity index (χ3n) is 3.93. The first-order valence-corrected chi connectivity index (χ1v) is 7.08. The van der Waals surface area contributed by atoms with Crippen LogP contribution in [0.2, 0.25) is 0 Å². The lowest BCUT2D eigenvalue weighted by atomic mass is 10.1. The van der Waals surface area contributed by atoms with Gasteiger partial charge in [-0.15, -0.1) is 24.8 Å². The Hall–Kier alpha value is -1.63. The molecule has 1 N–H and O–H groups in total. The van der Waals surface area contributed by atoms with Crippen molar-refractivity contribution in [2.24, 2.45) is 7.05 Å². The normalized spacial score (nSPS) is 17.1. The van der Waals surface area contributed by atoms with Crippen LogP contribution in [0, 0.1) is 6.92 Å². The molecule has 1 amide bonds. The molecule has 0 bridgehead atoms. The maximum absolute atomic E-state index is 12.9. The number of aromatic nitrogens is 3. The highest BCUT2D eigenvalue weighted by Gasteiger charge is 2.31. The number of halogens is 2. The number of carbonyl (C=O) groups excluding carboxylic acids is 1. The maximum atomic E-state index is 12.9. The van der Waals surface area contributed by atoms with E-state index in [2.05, 4.69) is 15.3 Å². The SMILES string of the molecule is Cc1ccncc1C(=O)N1CCNCC1c1nccn1C.Cl.Cl. The van der Waals surface area contributed by atoms with E-state index in [1.807, 2.05) is 35.7 Å². The Bertz CT molecular complexity index is 661. The number of nitrogens with one attached hydrogen (secondary N) is 1. The number of nitrogens with zero attached hydrogens (tertiary/aromatic N) is 4. The fraction of sp³-hybridized carbons (Fsp3) is 0.400. The highest BCUT2D eigenvalue weighted by atomic mass is 35.5. The lowest BCUT2D eigenvalue weighted by Gasteiger charge is -2.36. The molecule has 1 fully saturated rings. The lowest BCUT2D eigenvalue weighted by molar-refractivity contribution is 0.0619. The standard InChI is InChI=1S/C15H19N5O.2ClH/c1-11-3-4-16-9-12(11)15(21)20-8-5-17-10-13(20)14-18-6-7-19(14)2;;/h3-4,6-7,9,13,17H,5,8,10H2,1-2H3;2*1H. The number of hydrogen-bond donors (Lipinski definition) is 1. The van der Waals surface area contributed by atoms with Crippen LogP contribution in [0.3, 0.4) is 0 Å². The summed E-state index contributed by atoms with van der Waals surface area (Å²) in [4.78, 5) is 23.2. The van der Waals surface area contributed by atoms with Gasteiger partial charge < -0.3 is 14.8 Å². The zero-order valence-corrected chi connectivity index (χ0v) is 14.7. The largest absolute Gasteiger partial charge is 0.336 e. The van der Waals surface area contributed by atoms with Gasteiger partial charge >= 0.3 is 0 Å². The summed E-state index contributed by atoms with van der Waals surface area (Å²) < 4.78 is 1.97. The van der Waals surface area contributed by atoms with E-state index in [9.17, 15) is 4.79 Å². The van der Waals surface area contributed by atoms with E-state index < -0.39 is 0 Å². The third kappa shape index (κ3) is 3.83. The van der Waals surface area contributed by atoms with Gasteiger partial charge in [-0.3, -0.25) is 9.78 Å². The summed E-state index contributed by atoms with van der Waals surface area (Å²) in [6.45, 7) is 4.12. The van der Waals surface area contributed by atoms with E-state index >= 15 is 0 Å². The Morgan fingerprint density at radius 3 is 2.78 bits per heavy atom. The van der Waals surface area contributed by atoms with Gasteiger partial charge in [0.05, 0.1) is 5.56 Å². The van der Waals surface area contributed by atoms with Crippen molar-refractivity contribution in [1.29, 1.82) is 0 Å². The molecule has 0 radical (unpaired) electrons. The molecule has 23 heavy (non-hydrogen) atoms. The highest BCUT2D eigenvalue weighted by Crippen LogP contribution is 2.23. The van der Waals surface area contributed by atoms with Crippen LogP contribution in [-0.4, -0.2) is 45.0 Å². The van der Waals surface area contributed by atoms with Crippen molar-refractivity contribution < 1.29 is 4.79 Å². The molecule has 1 aliphatic rings. The number of amides is 1. The van der Waals surface area contributed by atoms with E-state index in [0.29, 0.717) is 12.1 Å². The van der Waals surface area contributed by atoms with Crippen LogP contribution in [-0.2, 0) is 7.05 Å². The van der Waals surface area contributed by atoms with Crippen molar-refractivity contribution in [2.75, 3.05) is 19.6 Å². The average molecular weight is 358 g/mol. The van der Waals surface area contributed by atoms with E-state index in [1.54, 1.807) is 18.6 Å². The summed E-state index contributed by atoms with van der Waals surface area (Å²) >= 11 is 0. The minimum absolute atomic E-state index is 0. The molecule has 2 aromatic rings. The van der Waals surface area contributed by atoms with Crippen molar-refractivity contribution in [3.05, 3.63) is 47.8 Å². The lowest BCUT2D eigenvalue weighted by Crippen LogP contribution is -2.49. The van der Waals surface area contributed by atoms with Gasteiger partial charge in [0.2, 0.25) is 0 Å². The van der Waals surface area contributed by atoms with Gasteiger partial charge in [-0.1, -0.05) is 0 Å². The summed E-state index contributed by atoms with van der Waals surface area (Å²) in [5.74, 6) is 0.923. The number of imidazole rings is 1. The first-order chi connectivity index (χ1) is 10.2. The van der Waals surface area contributed by atoms with Gasteiger partial charge in [0.25, 0.3) is 5.91 Å². The van der Waals surface area contributed by atoms with Crippen LogP contribution in [0.15, 0.2) is 30.9 Å². The van der Waals surface area contributed by atoms with Gasteiger partial charge in [0.15, 0.2) is 0 Å². The average Bonchev–Trinajstić information content (AvgIpc) is 2.93. The second-order valence-corrected chi connectivity index (χ2v) is 5.31. The van der Waals surface area contributed by atoms with Crippen LogP contribution < -0.4 is 5.32 Å². The molecule has 0 saturated carbocycles. The van der Waals surface area contributed by atoms with Gasteiger partial charge in [0.1, 0.15) is 11.9 Å². The molecule has 0 spiro atoms. The smallest absolute Gasteiger partial charge is 0.256 e. The molecule has 0 aromatic carbocycles. The van der Waals surface area contributed by atoms with Crippen molar-refractivity contribution in [3.8, 4) is 0 Å². The number of piperazine rings is 1. The van der Waals surface area contributed by atoms with E-state index in [-0.39, 0.29) is 36.8 Å². The first kappa shape index (κ1) is 19.4. The maximum Gasteiger partial charge on any atom is 0.256 e. The van der Waals surface area contributed by atoms with E-state index in [1.165, 1.54) is 0 Å². The molecule has 1 unspecified atom stereocenters. The fourth-order valence-corrected chi connectivity index (χ4v) is 2.72. The van der Waals surface area contributed by atoms with Crippen LogP contribution in [0.4, 0.5) is 0 Å². The minimum Gasteiger partial charge on any atom is -0.336 e. The Kier molecular flexibility index (Phi) is 7.00. The third-order valence-corrected chi connectivity index (χ3v) is 3.93. The molecule has 0 aliphatic carbocycles. The number of aryl methyl sites for hydroxylation is 2. The summed E-state index contributed by atoms with van der Waals surface area (Å²) in [6.07, 6.45) is 7.03. The monoisotopic (exact) mass is 357 g/mol. The molecule has 1 atom stereocenters. The minimum atomic E-state index is -0.0501. The van der Waals surface area contributed by atoms with Crippen LogP contribution in [0.25, 0.3) is 0 Å². The topological polar surface area (TPSA) is 63.1 Å². The molecular formula is C15H21Cl2N5O. The predicted molar refractivity (Wildman–Crippen MR) is 93.3 cm³/mol. The summed E-state index contributed by atoms with van der Waals surface area (Å²) in [7, 11) is 1.95.